The molecule has 29 heavy (non-hydrogen) atoms. The van der Waals surface area contributed by atoms with Gasteiger partial charge in [-0.05, 0) is 18.6 Å². The highest BCUT2D eigenvalue weighted by molar-refractivity contribution is 5.84. The van der Waals surface area contributed by atoms with E-state index < -0.39 is 5.97 Å². The average molecular weight is 396 g/mol. The normalized spacial score (nSPS) is 12.0. The van der Waals surface area contributed by atoms with Gasteiger partial charge in [-0.2, -0.15) is 0 Å². The minimum absolute atomic E-state index is 0.0206. The largest absolute Gasteiger partial charge is 0.493 e. The Morgan fingerprint density at radius 3 is 2.48 bits per heavy atom. The molecule has 0 bridgehead atoms. The minimum atomic E-state index is -1.11. The van der Waals surface area contributed by atoms with Gasteiger partial charge >= 0.3 is 5.97 Å². The zero-order chi connectivity index (χ0) is 20.8. The number of methoxy groups -OCH3 is 2. The standard InChI is InChI=1S/C22H24N2O5/c1-15(16-8-5-4-6-9-16)24(13-20-23-18(14-29-20)22(25)26)12-17-10-7-11-19(27-2)21(17)28-3/h4-11,14-15H,12-13H2,1-3H3,(H,25,26). The molecule has 0 saturated carbocycles. The number of nitrogens with zero attached hydrogens (tertiary/aromatic N) is 2. The van der Waals surface area contributed by atoms with Crippen molar-refractivity contribution >= 4 is 5.97 Å². The highest BCUT2D eigenvalue weighted by atomic mass is 16.5. The van der Waals surface area contributed by atoms with Crippen LogP contribution in [0, 0.1) is 0 Å². The van der Waals surface area contributed by atoms with Gasteiger partial charge in [0.05, 0.1) is 20.8 Å². The van der Waals surface area contributed by atoms with E-state index in [0.717, 1.165) is 17.4 Å². The number of hydrogen-bond donors (Lipinski definition) is 1. The number of rotatable bonds is 9. The predicted octanol–water partition coefficient (Wildman–Crippen LogP) is 4.15. The van der Waals surface area contributed by atoms with Crippen LogP contribution in [0.1, 0.15) is 40.5 Å². The van der Waals surface area contributed by atoms with Crippen LogP contribution in [-0.2, 0) is 13.1 Å². The smallest absolute Gasteiger partial charge is 0.357 e. The Morgan fingerprint density at radius 1 is 1.10 bits per heavy atom. The minimum Gasteiger partial charge on any atom is -0.493 e. The van der Waals surface area contributed by atoms with E-state index in [-0.39, 0.29) is 11.7 Å². The first-order chi connectivity index (χ1) is 14.0. The SMILES string of the molecule is COc1cccc(CN(Cc2nc(C(=O)O)co2)C(C)c2ccccc2)c1OC. The van der Waals surface area contributed by atoms with Gasteiger partial charge < -0.3 is 19.0 Å². The second-order valence-corrected chi connectivity index (χ2v) is 6.58. The molecule has 0 aliphatic carbocycles. The first kappa shape index (κ1) is 20.4. The van der Waals surface area contributed by atoms with Crippen LogP contribution < -0.4 is 9.47 Å². The van der Waals surface area contributed by atoms with Crippen molar-refractivity contribution in [3.8, 4) is 11.5 Å². The fraction of sp³-hybridized carbons (Fsp3) is 0.273. The van der Waals surface area contributed by atoms with E-state index in [1.807, 2.05) is 36.4 Å². The molecular formula is C22H24N2O5. The lowest BCUT2D eigenvalue weighted by Crippen LogP contribution is -2.27. The Hall–Kier alpha value is -3.32. The number of carboxylic acid groups (broad SMARTS) is 1. The van der Waals surface area contributed by atoms with Crippen molar-refractivity contribution in [2.24, 2.45) is 0 Å². The van der Waals surface area contributed by atoms with Crippen LogP contribution in [0.15, 0.2) is 59.2 Å². The molecule has 0 amide bonds. The fourth-order valence-electron chi connectivity index (χ4n) is 3.22. The predicted molar refractivity (Wildman–Crippen MR) is 107 cm³/mol. The molecule has 7 heteroatoms. The monoisotopic (exact) mass is 396 g/mol. The second kappa shape index (κ2) is 9.25. The fourth-order valence-corrected chi connectivity index (χ4v) is 3.22. The molecule has 0 saturated heterocycles. The van der Waals surface area contributed by atoms with Crippen LogP contribution in [0.2, 0.25) is 0 Å². The quantitative estimate of drug-likeness (QED) is 0.581. The lowest BCUT2D eigenvalue weighted by atomic mass is 10.1. The molecule has 0 radical (unpaired) electrons. The van der Waals surface area contributed by atoms with Gasteiger partial charge in [0.1, 0.15) is 6.26 Å². The summed E-state index contributed by atoms with van der Waals surface area (Å²) in [7, 11) is 3.21. The number of carbonyl (C=O) groups is 1. The van der Waals surface area contributed by atoms with Crippen molar-refractivity contribution in [2.75, 3.05) is 14.2 Å². The Labute approximate surface area is 169 Å². The molecule has 1 aromatic heterocycles. The number of carboxylic acids is 1. The number of benzene rings is 2. The Bertz CT molecular complexity index is 955. The van der Waals surface area contributed by atoms with E-state index in [4.69, 9.17) is 19.0 Å². The molecule has 0 spiro atoms. The summed E-state index contributed by atoms with van der Waals surface area (Å²) in [6.07, 6.45) is 1.16. The third-order valence-electron chi connectivity index (χ3n) is 4.80. The second-order valence-electron chi connectivity index (χ2n) is 6.58. The summed E-state index contributed by atoms with van der Waals surface area (Å²) in [5.74, 6) is 0.546. The van der Waals surface area contributed by atoms with Gasteiger partial charge in [0.2, 0.25) is 5.89 Å². The lowest BCUT2D eigenvalue weighted by molar-refractivity contribution is 0.0690. The summed E-state index contributed by atoms with van der Waals surface area (Å²) >= 11 is 0. The van der Waals surface area contributed by atoms with Crippen molar-refractivity contribution < 1.29 is 23.8 Å². The molecule has 1 heterocycles. The molecule has 1 unspecified atom stereocenters. The van der Waals surface area contributed by atoms with Gasteiger partial charge in [0.15, 0.2) is 17.2 Å². The topological polar surface area (TPSA) is 85.0 Å². The summed E-state index contributed by atoms with van der Waals surface area (Å²) in [6, 6.07) is 15.8. The number of para-hydroxylation sites is 1. The zero-order valence-electron chi connectivity index (χ0n) is 16.7. The van der Waals surface area contributed by atoms with E-state index in [1.54, 1.807) is 14.2 Å². The summed E-state index contributed by atoms with van der Waals surface area (Å²) in [5, 5.41) is 9.11. The molecule has 0 fully saturated rings. The number of ether oxygens (including phenoxy) is 2. The van der Waals surface area contributed by atoms with Crippen molar-refractivity contribution in [3.63, 3.8) is 0 Å². The third-order valence-corrected chi connectivity index (χ3v) is 4.80. The maximum absolute atomic E-state index is 11.1. The van der Waals surface area contributed by atoms with Gasteiger partial charge in [-0.15, -0.1) is 0 Å². The van der Waals surface area contributed by atoms with E-state index >= 15 is 0 Å². The van der Waals surface area contributed by atoms with Crippen LogP contribution in [-0.4, -0.2) is 35.2 Å². The number of hydrogen-bond acceptors (Lipinski definition) is 6. The molecule has 3 rings (SSSR count). The van der Waals surface area contributed by atoms with Crippen LogP contribution in [0.4, 0.5) is 0 Å². The molecule has 3 aromatic rings. The maximum Gasteiger partial charge on any atom is 0.357 e. The van der Waals surface area contributed by atoms with Crippen LogP contribution in [0.3, 0.4) is 0 Å². The Balaban J connectivity index is 1.93. The number of aromatic nitrogens is 1. The molecule has 1 atom stereocenters. The van der Waals surface area contributed by atoms with Gasteiger partial charge in [0.25, 0.3) is 0 Å². The average Bonchev–Trinajstić information content (AvgIpc) is 3.22. The summed E-state index contributed by atoms with van der Waals surface area (Å²) in [5.41, 5.74) is 1.96. The van der Waals surface area contributed by atoms with Gasteiger partial charge in [-0.1, -0.05) is 42.5 Å². The van der Waals surface area contributed by atoms with Crippen LogP contribution in [0.5, 0.6) is 11.5 Å². The van der Waals surface area contributed by atoms with Gasteiger partial charge in [-0.3, -0.25) is 4.90 Å². The van der Waals surface area contributed by atoms with Gasteiger partial charge in [0, 0.05) is 18.2 Å². The molecule has 1 N–H and O–H groups in total. The first-order valence-corrected chi connectivity index (χ1v) is 9.20. The third kappa shape index (κ3) is 4.75. The molecule has 7 nitrogen and oxygen atoms in total. The van der Waals surface area contributed by atoms with E-state index in [9.17, 15) is 4.79 Å². The number of aromatic carboxylic acids is 1. The number of oxazole rings is 1. The first-order valence-electron chi connectivity index (χ1n) is 9.20. The Kier molecular flexibility index (Phi) is 6.51. The summed E-state index contributed by atoms with van der Waals surface area (Å²) in [6.45, 7) is 2.95. The molecular weight excluding hydrogens is 372 g/mol. The van der Waals surface area contributed by atoms with Crippen LogP contribution >= 0.6 is 0 Å². The lowest BCUT2D eigenvalue weighted by Gasteiger charge is -2.29. The highest BCUT2D eigenvalue weighted by Crippen LogP contribution is 2.33. The van der Waals surface area contributed by atoms with E-state index in [0.29, 0.717) is 30.5 Å². The van der Waals surface area contributed by atoms with Crippen LogP contribution in [0.25, 0.3) is 0 Å². The van der Waals surface area contributed by atoms with Crippen molar-refractivity contribution in [3.05, 3.63) is 77.5 Å². The highest BCUT2D eigenvalue weighted by Gasteiger charge is 2.22. The molecule has 2 aromatic carbocycles. The molecule has 152 valence electrons. The maximum atomic E-state index is 11.1. The Morgan fingerprint density at radius 2 is 1.86 bits per heavy atom. The summed E-state index contributed by atoms with van der Waals surface area (Å²) in [4.78, 5) is 17.4. The van der Waals surface area contributed by atoms with Crippen molar-refractivity contribution in [1.82, 2.24) is 9.88 Å². The van der Waals surface area contributed by atoms with Crippen molar-refractivity contribution in [2.45, 2.75) is 26.1 Å². The van der Waals surface area contributed by atoms with E-state index in [2.05, 4.69) is 28.9 Å². The molecule has 0 aliphatic rings. The van der Waals surface area contributed by atoms with Crippen molar-refractivity contribution in [1.29, 1.82) is 0 Å². The zero-order valence-corrected chi connectivity index (χ0v) is 16.7. The van der Waals surface area contributed by atoms with E-state index in [1.165, 1.54) is 0 Å². The molecule has 0 aliphatic heterocycles. The summed E-state index contributed by atoms with van der Waals surface area (Å²) < 4.78 is 16.4. The van der Waals surface area contributed by atoms with Gasteiger partial charge in [-0.25, -0.2) is 9.78 Å².